The van der Waals surface area contributed by atoms with Gasteiger partial charge in [0, 0.05) is 6.54 Å². The summed E-state index contributed by atoms with van der Waals surface area (Å²) in [5, 5.41) is 14.6. The van der Waals surface area contributed by atoms with Gasteiger partial charge in [-0.3, -0.25) is 30.0 Å². The highest BCUT2D eigenvalue weighted by molar-refractivity contribution is 5.88. The molecule has 3 amide bonds. The first-order chi connectivity index (χ1) is 16.7. The third-order valence-electron chi connectivity index (χ3n) is 5.35. The van der Waals surface area contributed by atoms with Crippen molar-refractivity contribution < 1.29 is 19.6 Å². The van der Waals surface area contributed by atoms with Crippen LogP contribution in [0.15, 0.2) is 49.1 Å². The summed E-state index contributed by atoms with van der Waals surface area (Å²) in [6.07, 6.45) is 7.08. The zero-order valence-electron chi connectivity index (χ0n) is 20.8. The highest BCUT2D eigenvalue weighted by atomic mass is 16.5. The van der Waals surface area contributed by atoms with Crippen molar-refractivity contribution in [2.24, 2.45) is 23.7 Å². The molecular weight excluding hydrogens is 448 g/mol. The monoisotopic (exact) mass is 484 g/mol. The second-order valence-electron chi connectivity index (χ2n) is 9.33. The summed E-state index contributed by atoms with van der Waals surface area (Å²) < 4.78 is 1.38. The number of carbonyl (C=O) groups excluding carboxylic acids is 3. The molecule has 1 aromatic heterocycles. The molecule has 0 aliphatic carbocycles. The van der Waals surface area contributed by atoms with E-state index in [0.29, 0.717) is 13.0 Å². The Bertz CT molecular complexity index is 960. The highest BCUT2D eigenvalue weighted by Crippen LogP contribution is 2.25. The van der Waals surface area contributed by atoms with Crippen molar-refractivity contribution in [3.05, 3.63) is 54.6 Å². The van der Waals surface area contributed by atoms with Gasteiger partial charge in [0.15, 0.2) is 0 Å². The van der Waals surface area contributed by atoms with Gasteiger partial charge < -0.3 is 0 Å². The van der Waals surface area contributed by atoms with E-state index in [2.05, 4.69) is 15.5 Å². The number of hydrogen-bond donors (Lipinski definition) is 3. The van der Waals surface area contributed by atoms with Gasteiger partial charge in [-0.2, -0.15) is 5.10 Å². The van der Waals surface area contributed by atoms with E-state index in [1.54, 1.807) is 5.48 Å². The van der Waals surface area contributed by atoms with Gasteiger partial charge >= 0.3 is 0 Å². The molecule has 0 spiro atoms. The van der Waals surface area contributed by atoms with Gasteiger partial charge in [0.05, 0.1) is 11.8 Å². The molecular formula is C25H36N6O4. The molecule has 35 heavy (non-hydrogen) atoms. The Balaban J connectivity index is 2.23. The Labute approximate surface area is 206 Å². The average molecular weight is 485 g/mol. The molecule has 0 fully saturated rings. The van der Waals surface area contributed by atoms with E-state index >= 15 is 0 Å². The van der Waals surface area contributed by atoms with Crippen molar-refractivity contribution in [1.29, 1.82) is 0 Å². The largest absolute Gasteiger partial charge is 0.289 e. The van der Waals surface area contributed by atoms with E-state index < -0.39 is 23.7 Å². The van der Waals surface area contributed by atoms with E-state index in [1.807, 2.05) is 70.2 Å². The van der Waals surface area contributed by atoms with Crippen LogP contribution in [0.2, 0.25) is 0 Å². The molecule has 0 radical (unpaired) electrons. The maximum atomic E-state index is 13.4. The van der Waals surface area contributed by atoms with Gasteiger partial charge in [-0.05, 0) is 30.2 Å². The number of nitrogens with zero attached hydrogens (tertiary/aromatic N) is 4. The summed E-state index contributed by atoms with van der Waals surface area (Å²) in [6.45, 7) is 7.99. The van der Waals surface area contributed by atoms with Crippen LogP contribution in [-0.2, 0) is 20.9 Å². The van der Waals surface area contributed by atoms with Crippen LogP contribution < -0.4 is 10.9 Å². The smallest absolute Gasteiger partial charge is 0.262 e. The van der Waals surface area contributed by atoms with Crippen molar-refractivity contribution in [1.82, 2.24) is 30.7 Å². The van der Waals surface area contributed by atoms with Gasteiger partial charge in [0.1, 0.15) is 19.2 Å². The fourth-order valence-electron chi connectivity index (χ4n) is 3.74. The van der Waals surface area contributed by atoms with E-state index in [4.69, 9.17) is 0 Å². The summed E-state index contributed by atoms with van der Waals surface area (Å²) in [6, 6.07) is 9.59. The summed E-state index contributed by atoms with van der Waals surface area (Å²) in [4.78, 5) is 42.8. The Kier molecular flexibility index (Phi) is 11.1. The average Bonchev–Trinajstić information content (AvgIpc) is 3.33. The molecule has 0 unspecified atom stereocenters. The molecule has 2 rings (SSSR count). The molecule has 3 N–H and O–H groups in total. The zero-order chi connectivity index (χ0) is 25.8. The standard InChI is InChI=1S/C25H36N6O4/c1-18(2)13-22(21(25(34)29-35)12-8-11-20-9-6-5-7-10-20)24(33)28-31(14-19(3)4)23(32)15-30-17-26-16-27-30/h5-11,16-19,21-22,35H,12-15H2,1-4H3,(H,28,33)(H,29,34)/b11-8+/t21-,22+/m0/s1. The molecule has 10 nitrogen and oxygen atoms in total. The number of allylic oxidation sites excluding steroid dienone is 1. The van der Waals surface area contributed by atoms with Crippen molar-refractivity contribution in [2.75, 3.05) is 6.54 Å². The van der Waals surface area contributed by atoms with Crippen LogP contribution in [0.4, 0.5) is 0 Å². The number of hydrazine groups is 1. The van der Waals surface area contributed by atoms with Crippen molar-refractivity contribution in [2.45, 2.75) is 47.1 Å². The van der Waals surface area contributed by atoms with Gasteiger partial charge in [-0.15, -0.1) is 0 Å². The number of benzene rings is 1. The minimum Gasteiger partial charge on any atom is -0.289 e. The summed E-state index contributed by atoms with van der Waals surface area (Å²) in [5.74, 6) is -2.86. The lowest BCUT2D eigenvalue weighted by Gasteiger charge is -2.30. The number of nitrogens with one attached hydrogen (secondary N) is 2. The van der Waals surface area contributed by atoms with Crippen LogP contribution in [0.1, 0.15) is 46.1 Å². The lowest BCUT2D eigenvalue weighted by Crippen LogP contribution is -2.53. The van der Waals surface area contributed by atoms with E-state index in [9.17, 15) is 19.6 Å². The molecule has 1 aromatic carbocycles. The molecule has 2 atom stereocenters. The number of carbonyl (C=O) groups is 3. The number of aromatic nitrogens is 3. The van der Waals surface area contributed by atoms with Crippen molar-refractivity contribution in [3.8, 4) is 0 Å². The van der Waals surface area contributed by atoms with Crippen LogP contribution >= 0.6 is 0 Å². The Morgan fingerprint density at radius 1 is 1.06 bits per heavy atom. The van der Waals surface area contributed by atoms with Crippen molar-refractivity contribution >= 4 is 23.8 Å². The molecule has 2 aromatic rings. The summed E-state index contributed by atoms with van der Waals surface area (Å²) in [7, 11) is 0. The Morgan fingerprint density at radius 2 is 1.77 bits per heavy atom. The number of hydrogen-bond acceptors (Lipinski definition) is 6. The van der Waals surface area contributed by atoms with Gasteiger partial charge in [-0.25, -0.2) is 15.1 Å². The maximum Gasteiger partial charge on any atom is 0.262 e. The zero-order valence-corrected chi connectivity index (χ0v) is 20.8. The molecule has 0 aliphatic heterocycles. The highest BCUT2D eigenvalue weighted by Gasteiger charge is 2.35. The molecule has 0 saturated heterocycles. The molecule has 1 heterocycles. The first-order valence-corrected chi connectivity index (χ1v) is 11.8. The normalized spacial score (nSPS) is 13.1. The predicted octanol–water partition coefficient (Wildman–Crippen LogP) is 2.68. The van der Waals surface area contributed by atoms with Crippen LogP contribution in [-0.4, -0.2) is 49.2 Å². The first-order valence-electron chi connectivity index (χ1n) is 11.8. The molecule has 0 saturated carbocycles. The van der Waals surface area contributed by atoms with Crippen LogP contribution in [0.25, 0.3) is 6.08 Å². The predicted molar refractivity (Wildman–Crippen MR) is 131 cm³/mol. The summed E-state index contributed by atoms with van der Waals surface area (Å²) in [5.41, 5.74) is 5.40. The lowest BCUT2D eigenvalue weighted by atomic mass is 9.82. The number of hydroxylamine groups is 1. The fourth-order valence-corrected chi connectivity index (χ4v) is 3.74. The summed E-state index contributed by atoms with van der Waals surface area (Å²) >= 11 is 0. The topological polar surface area (TPSA) is 129 Å². The van der Waals surface area contributed by atoms with Crippen LogP contribution in [0.3, 0.4) is 0 Å². The first kappa shape index (κ1) is 27.7. The second kappa shape index (κ2) is 14.0. The third kappa shape index (κ3) is 9.32. The van der Waals surface area contributed by atoms with Crippen LogP contribution in [0, 0.1) is 23.7 Å². The molecule has 10 heteroatoms. The molecule has 0 bridgehead atoms. The Hall–Kier alpha value is -3.53. The second-order valence-corrected chi connectivity index (χ2v) is 9.33. The lowest BCUT2D eigenvalue weighted by molar-refractivity contribution is -0.148. The van der Waals surface area contributed by atoms with E-state index in [1.165, 1.54) is 22.3 Å². The third-order valence-corrected chi connectivity index (χ3v) is 5.35. The fraction of sp³-hybridized carbons (Fsp3) is 0.480. The maximum absolute atomic E-state index is 13.4. The quantitative estimate of drug-likeness (QED) is 0.314. The molecule has 0 aliphatic rings. The van der Waals surface area contributed by atoms with Gasteiger partial charge in [0.2, 0.25) is 11.8 Å². The van der Waals surface area contributed by atoms with Crippen LogP contribution in [0.5, 0.6) is 0 Å². The van der Waals surface area contributed by atoms with Gasteiger partial charge in [0.25, 0.3) is 5.91 Å². The number of rotatable bonds is 12. The van der Waals surface area contributed by atoms with E-state index in [0.717, 1.165) is 5.56 Å². The molecule has 190 valence electrons. The SMILES string of the molecule is CC(C)C[C@@H](C(=O)NN(CC(C)C)C(=O)Cn1cncn1)[C@H](C/C=C/c1ccccc1)C(=O)NO. The van der Waals surface area contributed by atoms with Crippen molar-refractivity contribution in [3.63, 3.8) is 0 Å². The Morgan fingerprint density at radius 3 is 2.34 bits per heavy atom. The number of amides is 3. The van der Waals surface area contributed by atoms with E-state index in [-0.39, 0.29) is 30.7 Å². The minimum atomic E-state index is -0.825. The minimum absolute atomic E-state index is 0.0811. The van der Waals surface area contributed by atoms with Gasteiger partial charge in [-0.1, -0.05) is 70.2 Å².